The van der Waals surface area contributed by atoms with Crippen molar-refractivity contribution in [2.45, 2.75) is 50.2 Å². The molecule has 162 valence electrons. The van der Waals surface area contributed by atoms with Gasteiger partial charge in [0.25, 0.3) is 0 Å². The Labute approximate surface area is 180 Å². The van der Waals surface area contributed by atoms with Gasteiger partial charge in [-0.05, 0) is 28.8 Å². The minimum Gasteiger partial charge on any atom is -0.496 e. The maximum absolute atomic E-state index is 10.4. The lowest BCUT2D eigenvalue weighted by Crippen LogP contribution is -2.55. The maximum atomic E-state index is 10.4. The first kappa shape index (κ1) is 21.5. The standard InChI is InChI=1S/C22H26ClNO6/c1-29-17-4-2-3-13-8-24(10-15(13)17)9-14-7-12(5-6-16(14)23)22-21(28)20(27)19(26)18(11-25)30-22/h2-7,18-22,25-28H,8-11H2,1H3. The van der Waals surface area contributed by atoms with E-state index in [1.807, 2.05) is 18.2 Å². The Bertz CT molecular complexity index is 907. The highest BCUT2D eigenvalue weighted by molar-refractivity contribution is 6.31. The molecule has 0 aliphatic carbocycles. The van der Waals surface area contributed by atoms with Crippen molar-refractivity contribution in [1.29, 1.82) is 0 Å². The van der Waals surface area contributed by atoms with Gasteiger partial charge in [-0.1, -0.05) is 35.9 Å². The summed E-state index contributed by atoms with van der Waals surface area (Å²) in [5, 5.41) is 40.5. The Balaban J connectivity index is 1.54. The first-order chi connectivity index (χ1) is 14.4. The van der Waals surface area contributed by atoms with Gasteiger partial charge in [-0.3, -0.25) is 4.90 Å². The van der Waals surface area contributed by atoms with Crippen LogP contribution in [0.25, 0.3) is 0 Å². The second kappa shape index (κ2) is 8.80. The summed E-state index contributed by atoms with van der Waals surface area (Å²) in [5.74, 6) is 0.871. The molecule has 0 amide bonds. The summed E-state index contributed by atoms with van der Waals surface area (Å²) in [6.07, 6.45) is -5.95. The summed E-state index contributed by atoms with van der Waals surface area (Å²) in [6.45, 7) is 1.63. The van der Waals surface area contributed by atoms with Crippen LogP contribution in [0.4, 0.5) is 0 Å². The van der Waals surface area contributed by atoms with Crippen LogP contribution in [0.1, 0.15) is 28.4 Å². The van der Waals surface area contributed by atoms with E-state index >= 15 is 0 Å². The molecule has 2 aromatic rings. The molecule has 0 radical (unpaired) electrons. The zero-order chi connectivity index (χ0) is 21.4. The van der Waals surface area contributed by atoms with Crippen molar-refractivity contribution in [3.8, 4) is 5.75 Å². The van der Waals surface area contributed by atoms with Crippen LogP contribution in [0.15, 0.2) is 36.4 Å². The van der Waals surface area contributed by atoms with Crippen LogP contribution in [0.5, 0.6) is 5.75 Å². The van der Waals surface area contributed by atoms with E-state index in [1.165, 1.54) is 11.1 Å². The molecule has 7 nitrogen and oxygen atoms in total. The third-order valence-corrected chi connectivity index (χ3v) is 6.28. The van der Waals surface area contributed by atoms with Gasteiger partial charge in [-0.15, -0.1) is 0 Å². The second-order valence-corrected chi connectivity index (χ2v) is 8.25. The molecule has 0 bridgehead atoms. The van der Waals surface area contributed by atoms with Crippen molar-refractivity contribution < 1.29 is 29.9 Å². The van der Waals surface area contributed by atoms with Crippen LogP contribution in [0.3, 0.4) is 0 Å². The lowest BCUT2D eigenvalue weighted by molar-refractivity contribution is -0.231. The molecule has 2 aliphatic rings. The van der Waals surface area contributed by atoms with Gasteiger partial charge in [0.2, 0.25) is 0 Å². The SMILES string of the molecule is COc1cccc2c1CN(Cc1cc(C3OC(CO)C(O)C(O)C3O)ccc1Cl)C2. The molecule has 2 aromatic carbocycles. The number of rotatable bonds is 5. The molecule has 2 heterocycles. The summed E-state index contributed by atoms with van der Waals surface area (Å²) in [6, 6.07) is 11.3. The lowest BCUT2D eigenvalue weighted by Gasteiger charge is -2.40. The monoisotopic (exact) mass is 435 g/mol. The van der Waals surface area contributed by atoms with Gasteiger partial charge < -0.3 is 29.9 Å². The van der Waals surface area contributed by atoms with Crippen molar-refractivity contribution in [3.63, 3.8) is 0 Å². The Morgan fingerprint density at radius 3 is 2.63 bits per heavy atom. The highest BCUT2D eigenvalue weighted by Gasteiger charge is 2.44. The van der Waals surface area contributed by atoms with Gasteiger partial charge in [-0.2, -0.15) is 0 Å². The normalized spacial score (nSPS) is 29.1. The van der Waals surface area contributed by atoms with Gasteiger partial charge in [0.05, 0.1) is 13.7 Å². The van der Waals surface area contributed by atoms with E-state index in [1.54, 1.807) is 19.2 Å². The largest absolute Gasteiger partial charge is 0.496 e. The van der Waals surface area contributed by atoms with Crippen LogP contribution in [-0.4, -0.2) is 63.5 Å². The second-order valence-electron chi connectivity index (χ2n) is 7.84. The van der Waals surface area contributed by atoms with E-state index in [-0.39, 0.29) is 0 Å². The number of methoxy groups -OCH3 is 1. The van der Waals surface area contributed by atoms with Gasteiger partial charge in [0.15, 0.2) is 0 Å². The van der Waals surface area contributed by atoms with Crippen molar-refractivity contribution in [3.05, 3.63) is 63.7 Å². The minimum absolute atomic E-state index is 0.463. The number of benzene rings is 2. The van der Waals surface area contributed by atoms with Crippen molar-refractivity contribution >= 4 is 11.6 Å². The molecule has 0 saturated carbocycles. The first-order valence-corrected chi connectivity index (χ1v) is 10.3. The van der Waals surface area contributed by atoms with Crippen molar-refractivity contribution in [2.75, 3.05) is 13.7 Å². The van der Waals surface area contributed by atoms with Crippen LogP contribution in [0, 0.1) is 0 Å². The molecule has 8 heteroatoms. The number of nitrogens with zero attached hydrogens (tertiary/aromatic N) is 1. The van der Waals surface area contributed by atoms with E-state index in [4.69, 9.17) is 21.1 Å². The molecule has 1 saturated heterocycles. The minimum atomic E-state index is -1.42. The maximum Gasteiger partial charge on any atom is 0.123 e. The molecule has 1 fully saturated rings. The third-order valence-electron chi connectivity index (χ3n) is 5.91. The fourth-order valence-electron chi connectivity index (χ4n) is 4.27. The molecule has 30 heavy (non-hydrogen) atoms. The molecular weight excluding hydrogens is 410 g/mol. The van der Waals surface area contributed by atoms with E-state index in [0.717, 1.165) is 24.4 Å². The van der Waals surface area contributed by atoms with Gasteiger partial charge in [0.1, 0.15) is 36.3 Å². The van der Waals surface area contributed by atoms with Gasteiger partial charge in [-0.25, -0.2) is 0 Å². The zero-order valence-electron chi connectivity index (χ0n) is 16.6. The van der Waals surface area contributed by atoms with Gasteiger partial charge >= 0.3 is 0 Å². The molecule has 5 atom stereocenters. The molecule has 0 aromatic heterocycles. The number of hydrogen-bond acceptors (Lipinski definition) is 7. The third kappa shape index (κ3) is 3.94. The lowest BCUT2D eigenvalue weighted by atomic mass is 9.90. The number of aliphatic hydroxyl groups is 4. The molecule has 2 aliphatic heterocycles. The predicted octanol–water partition coefficient (Wildman–Crippen LogP) is 1.38. The van der Waals surface area contributed by atoms with Crippen LogP contribution >= 0.6 is 11.6 Å². The van der Waals surface area contributed by atoms with E-state index in [9.17, 15) is 20.4 Å². The summed E-state index contributed by atoms with van der Waals surface area (Å²) in [5.41, 5.74) is 3.87. The molecular formula is C22H26ClNO6. The Kier molecular flexibility index (Phi) is 6.31. The van der Waals surface area contributed by atoms with Crippen LogP contribution in [0.2, 0.25) is 5.02 Å². The number of halogens is 1. The molecule has 5 unspecified atom stereocenters. The van der Waals surface area contributed by atoms with Crippen LogP contribution in [-0.2, 0) is 24.4 Å². The number of fused-ring (bicyclic) bond motifs is 1. The molecule has 4 N–H and O–H groups in total. The summed E-state index contributed by atoms with van der Waals surface area (Å²) >= 11 is 6.44. The van der Waals surface area contributed by atoms with E-state index in [0.29, 0.717) is 17.1 Å². The number of hydrogen-bond donors (Lipinski definition) is 4. The quantitative estimate of drug-likeness (QED) is 0.562. The highest BCUT2D eigenvalue weighted by Crippen LogP contribution is 2.36. The fraction of sp³-hybridized carbons (Fsp3) is 0.455. The number of ether oxygens (including phenoxy) is 2. The smallest absolute Gasteiger partial charge is 0.123 e. The van der Waals surface area contributed by atoms with Crippen LogP contribution < -0.4 is 4.74 Å². The highest BCUT2D eigenvalue weighted by atomic mass is 35.5. The Morgan fingerprint density at radius 1 is 1.10 bits per heavy atom. The molecule has 0 spiro atoms. The Hall–Kier alpha value is -1.71. The zero-order valence-corrected chi connectivity index (χ0v) is 17.4. The first-order valence-electron chi connectivity index (χ1n) is 9.89. The Morgan fingerprint density at radius 2 is 1.90 bits per heavy atom. The average molecular weight is 436 g/mol. The average Bonchev–Trinajstić information content (AvgIpc) is 3.16. The van der Waals surface area contributed by atoms with Crippen molar-refractivity contribution in [1.82, 2.24) is 4.90 Å². The number of aliphatic hydroxyl groups excluding tert-OH is 4. The van der Waals surface area contributed by atoms with Crippen molar-refractivity contribution in [2.24, 2.45) is 0 Å². The fourth-order valence-corrected chi connectivity index (χ4v) is 4.45. The predicted molar refractivity (Wildman–Crippen MR) is 110 cm³/mol. The van der Waals surface area contributed by atoms with E-state index in [2.05, 4.69) is 11.0 Å². The summed E-state index contributed by atoms with van der Waals surface area (Å²) in [7, 11) is 1.67. The summed E-state index contributed by atoms with van der Waals surface area (Å²) in [4.78, 5) is 2.24. The van der Waals surface area contributed by atoms with Gasteiger partial charge in [0, 0.05) is 30.2 Å². The van der Waals surface area contributed by atoms with E-state index < -0.39 is 37.1 Å². The molecule has 4 rings (SSSR count). The topological polar surface area (TPSA) is 103 Å². The summed E-state index contributed by atoms with van der Waals surface area (Å²) < 4.78 is 11.1.